The Kier molecular flexibility index (Phi) is 42.7. The molecule has 0 aromatic heterocycles. The molecular formula is C49H80O4. The molecule has 53 heavy (non-hydrogen) atoms. The first kappa shape index (κ1) is 50.1. The van der Waals surface area contributed by atoms with E-state index in [1.807, 2.05) is 0 Å². The summed E-state index contributed by atoms with van der Waals surface area (Å²) in [5.41, 5.74) is 0. The molecule has 4 nitrogen and oxygen atoms in total. The summed E-state index contributed by atoms with van der Waals surface area (Å²) in [7, 11) is 0. The van der Waals surface area contributed by atoms with E-state index in [9.17, 15) is 9.90 Å². The zero-order chi connectivity index (χ0) is 38.4. The molecule has 0 spiro atoms. The largest absolute Gasteiger partial charge is 0.457 e. The molecule has 0 aromatic carbocycles. The van der Waals surface area contributed by atoms with Gasteiger partial charge in [0.05, 0.1) is 13.2 Å². The number of aliphatic hydroxyl groups excluding tert-OH is 1. The van der Waals surface area contributed by atoms with Gasteiger partial charge in [0.25, 0.3) is 0 Å². The van der Waals surface area contributed by atoms with Crippen molar-refractivity contribution < 1.29 is 19.4 Å². The van der Waals surface area contributed by atoms with Gasteiger partial charge in [0.1, 0.15) is 6.10 Å². The smallest absolute Gasteiger partial charge is 0.306 e. The van der Waals surface area contributed by atoms with Crippen molar-refractivity contribution in [3.8, 4) is 0 Å². The Bertz CT molecular complexity index is 1040. The minimum atomic E-state index is -0.566. The molecule has 0 saturated carbocycles. The summed E-state index contributed by atoms with van der Waals surface area (Å²) in [6.07, 6.45) is 65.8. The Morgan fingerprint density at radius 3 is 1.19 bits per heavy atom. The van der Waals surface area contributed by atoms with E-state index in [1.165, 1.54) is 57.8 Å². The van der Waals surface area contributed by atoms with E-state index in [2.05, 4.69) is 123 Å². The van der Waals surface area contributed by atoms with Gasteiger partial charge >= 0.3 is 5.97 Å². The predicted molar refractivity (Wildman–Crippen MR) is 232 cm³/mol. The van der Waals surface area contributed by atoms with Crippen LogP contribution in [0.3, 0.4) is 0 Å². The second kappa shape index (κ2) is 45.2. The van der Waals surface area contributed by atoms with E-state index >= 15 is 0 Å². The third-order valence-electron chi connectivity index (χ3n) is 8.59. The van der Waals surface area contributed by atoms with E-state index in [4.69, 9.17) is 9.47 Å². The number of aliphatic hydroxyl groups is 1. The van der Waals surface area contributed by atoms with Gasteiger partial charge in [-0.1, -0.05) is 175 Å². The van der Waals surface area contributed by atoms with Gasteiger partial charge in [-0.25, -0.2) is 0 Å². The number of hydrogen-bond acceptors (Lipinski definition) is 4. The number of rotatable bonds is 38. The molecule has 0 aliphatic heterocycles. The number of carbonyl (C=O) groups excluding carboxylic acids is 1. The molecule has 0 aromatic rings. The zero-order valence-corrected chi connectivity index (χ0v) is 34.2. The van der Waals surface area contributed by atoms with Crippen LogP contribution in [0.4, 0.5) is 0 Å². The Hall–Kier alpha value is -2.95. The summed E-state index contributed by atoms with van der Waals surface area (Å²) >= 11 is 0. The quantitative estimate of drug-likeness (QED) is 0.0390. The maximum absolute atomic E-state index is 12.2. The van der Waals surface area contributed by atoms with Crippen LogP contribution in [0.15, 0.2) is 109 Å². The molecule has 0 aliphatic carbocycles. The molecule has 0 bridgehead atoms. The van der Waals surface area contributed by atoms with Gasteiger partial charge in [-0.05, 0) is 96.3 Å². The van der Waals surface area contributed by atoms with Crippen LogP contribution in [0, 0.1) is 0 Å². The van der Waals surface area contributed by atoms with Crippen LogP contribution in [0.2, 0.25) is 0 Å². The van der Waals surface area contributed by atoms with Crippen LogP contribution < -0.4 is 0 Å². The molecule has 1 atom stereocenters. The molecule has 4 heteroatoms. The van der Waals surface area contributed by atoms with Gasteiger partial charge < -0.3 is 14.6 Å². The summed E-state index contributed by atoms with van der Waals surface area (Å²) in [5.74, 6) is -0.247. The third-order valence-corrected chi connectivity index (χ3v) is 8.59. The first-order valence-corrected chi connectivity index (χ1v) is 21.5. The average Bonchev–Trinajstić information content (AvgIpc) is 3.16. The van der Waals surface area contributed by atoms with Gasteiger partial charge in [0.15, 0.2) is 0 Å². The summed E-state index contributed by atoms with van der Waals surface area (Å²) in [5, 5.41) is 9.59. The minimum absolute atomic E-state index is 0.197. The van der Waals surface area contributed by atoms with Crippen molar-refractivity contribution in [2.75, 3.05) is 19.8 Å². The molecule has 0 aliphatic rings. The predicted octanol–water partition coefficient (Wildman–Crippen LogP) is 14.3. The fourth-order valence-electron chi connectivity index (χ4n) is 5.46. The fourth-order valence-corrected chi connectivity index (χ4v) is 5.46. The van der Waals surface area contributed by atoms with Gasteiger partial charge in [-0.2, -0.15) is 0 Å². The molecule has 0 rings (SSSR count). The SMILES string of the molecule is CC/C=C\C/C=C\C/C=C\C/C=C\C/C=C\CCCCCCCCCCCCOCC(CO)OC(=O)CCCC/C=C\C/C=C\C/C=C\C/C=C\CC. The number of esters is 1. The minimum Gasteiger partial charge on any atom is -0.457 e. The van der Waals surface area contributed by atoms with Gasteiger partial charge in [-0.15, -0.1) is 0 Å². The Morgan fingerprint density at radius 2 is 0.792 bits per heavy atom. The van der Waals surface area contributed by atoms with Gasteiger partial charge in [0, 0.05) is 13.0 Å². The van der Waals surface area contributed by atoms with Crippen molar-refractivity contribution in [1.82, 2.24) is 0 Å². The van der Waals surface area contributed by atoms with Crippen LogP contribution in [-0.4, -0.2) is 37.0 Å². The Labute approximate surface area is 327 Å². The monoisotopic (exact) mass is 733 g/mol. The highest BCUT2D eigenvalue weighted by Gasteiger charge is 2.13. The normalized spacial score (nSPS) is 13.5. The second-order valence-corrected chi connectivity index (χ2v) is 13.6. The van der Waals surface area contributed by atoms with Crippen LogP contribution in [-0.2, 0) is 14.3 Å². The number of allylic oxidation sites excluding steroid dienone is 18. The first-order valence-electron chi connectivity index (χ1n) is 21.5. The van der Waals surface area contributed by atoms with E-state index < -0.39 is 6.10 Å². The standard InChI is InChI=1S/C49H80O4/c1-3-5-7-9-11-13-15-17-19-20-21-22-23-24-25-26-27-28-29-31-33-35-37-39-41-43-45-52-47-48(46-50)53-49(51)44-42-40-38-36-34-32-30-18-16-14-12-10-8-6-4-2/h5-8,11-14,17-19,21-22,24-25,30,34,36,48,50H,3-4,9-10,15-16,20,23,26-29,31-33,35,37-47H2,1-2H3/b7-5-,8-6-,13-11-,14-12-,19-17-,22-21-,25-24-,30-18-,36-34-. The second-order valence-electron chi connectivity index (χ2n) is 13.6. The highest BCUT2D eigenvalue weighted by Crippen LogP contribution is 2.12. The van der Waals surface area contributed by atoms with Crippen LogP contribution in [0.1, 0.15) is 168 Å². The fraction of sp³-hybridized carbons (Fsp3) is 0.612. The summed E-state index contributed by atoms with van der Waals surface area (Å²) in [4.78, 5) is 12.2. The lowest BCUT2D eigenvalue weighted by Gasteiger charge is -2.15. The molecule has 0 saturated heterocycles. The highest BCUT2D eigenvalue weighted by atomic mass is 16.6. The average molecular weight is 733 g/mol. The number of carbonyl (C=O) groups is 1. The van der Waals surface area contributed by atoms with Crippen molar-refractivity contribution in [3.63, 3.8) is 0 Å². The van der Waals surface area contributed by atoms with Crippen molar-refractivity contribution in [2.24, 2.45) is 0 Å². The van der Waals surface area contributed by atoms with E-state index in [0.717, 1.165) is 89.9 Å². The zero-order valence-electron chi connectivity index (χ0n) is 34.2. The molecule has 1 unspecified atom stereocenters. The molecule has 1 N–H and O–H groups in total. The number of unbranched alkanes of at least 4 members (excludes halogenated alkanes) is 12. The summed E-state index contributed by atoms with van der Waals surface area (Å²) in [6, 6.07) is 0. The van der Waals surface area contributed by atoms with E-state index in [1.54, 1.807) is 0 Å². The molecule has 0 radical (unpaired) electrons. The van der Waals surface area contributed by atoms with Gasteiger partial charge in [-0.3, -0.25) is 4.79 Å². The van der Waals surface area contributed by atoms with Crippen LogP contribution >= 0.6 is 0 Å². The Balaban J connectivity index is 3.53. The molecular weight excluding hydrogens is 653 g/mol. The van der Waals surface area contributed by atoms with Crippen molar-refractivity contribution >= 4 is 5.97 Å². The summed E-state index contributed by atoms with van der Waals surface area (Å²) < 4.78 is 11.1. The summed E-state index contributed by atoms with van der Waals surface area (Å²) in [6.45, 7) is 5.04. The number of hydrogen-bond donors (Lipinski definition) is 1. The first-order chi connectivity index (χ1) is 26.2. The third kappa shape index (κ3) is 43.3. The molecule has 0 amide bonds. The van der Waals surface area contributed by atoms with E-state index in [0.29, 0.717) is 13.0 Å². The lowest BCUT2D eigenvalue weighted by Crippen LogP contribution is -2.27. The maximum atomic E-state index is 12.2. The molecule has 0 fully saturated rings. The van der Waals surface area contributed by atoms with Crippen molar-refractivity contribution in [3.05, 3.63) is 109 Å². The van der Waals surface area contributed by atoms with Gasteiger partial charge in [0.2, 0.25) is 0 Å². The van der Waals surface area contributed by atoms with Crippen LogP contribution in [0.25, 0.3) is 0 Å². The molecule has 300 valence electrons. The number of ether oxygens (including phenoxy) is 2. The van der Waals surface area contributed by atoms with Crippen molar-refractivity contribution in [2.45, 2.75) is 174 Å². The molecule has 0 heterocycles. The Morgan fingerprint density at radius 1 is 0.453 bits per heavy atom. The van der Waals surface area contributed by atoms with E-state index in [-0.39, 0.29) is 19.2 Å². The van der Waals surface area contributed by atoms with Crippen molar-refractivity contribution in [1.29, 1.82) is 0 Å². The lowest BCUT2D eigenvalue weighted by molar-refractivity contribution is -0.154. The maximum Gasteiger partial charge on any atom is 0.306 e. The highest BCUT2D eigenvalue weighted by molar-refractivity contribution is 5.69. The lowest BCUT2D eigenvalue weighted by atomic mass is 10.1. The topological polar surface area (TPSA) is 55.8 Å². The van der Waals surface area contributed by atoms with Crippen LogP contribution in [0.5, 0.6) is 0 Å².